The second kappa shape index (κ2) is 9.09. The molecule has 0 atom stereocenters. The van der Waals surface area contributed by atoms with Crippen molar-refractivity contribution in [1.29, 1.82) is 0 Å². The number of rotatable bonds is 5. The zero-order valence-electron chi connectivity index (χ0n) is 19.0. The summed E-state index contributed by atoms with van der Waals surface area (Å²) in [4.78, 5) is 17.3. The lowest BCUT2D eigenvalue weighted by Crippen LogP contribution is -2.23. The SMILES string of the molecule is Cc1ccc(-c2csc(-c3ccc(CNC(=O)c4ccc(C(C)(C)C)cc4)cc3)n2)cc1. The second-order valence-electron chi connectivity index (χ2n) is 9.11. The normalized spacial score (nSPS) is 11.4. The maximum absolute atomic E-state index is 12.5. The van der Waals surface area contributed by atoms with Gasteiger partial charge in [0.25, 0.3) is 5.91 Å². The molecular weight excluding hydrogens is 412 g/mol. The zero-order valence-corrected chi connectivity index (χ0v) is 19.8. The van der Waals surface area contributed by atoms with E-state index < -0.39 is 0 Å². The highest BCUT2D eigenvalue weighted by atomic mass is 32.1. The monoisotopic (exact) mass is 440 g/mol. The Kier molecular flexibility index (Phi) is 6.24. The number of aromatic nitrogens is 1. The van der Waals surface area contributed by atoms with Crippen LogP contribution in [0.4, 0.5) is 0 Å². The number of aryl methyl sites for hydroxylation is 1. The summed E-state index contributed by atoms with van der Waals surface area (Å²) in [5.74, 6) is -0.0581. The number of carbonyl (C=O) groups is 1. The number of benzene rings is 3. The van der Waals surface area contributed by atoms with Crippen LogP contribution in [-0.4, -0.2) is 10.9 Å². The molecule has 0 fully saturated rings. The highest BCUT2D eigenvalue weighted by molar-refractivity contribution is 7.13. The lowest BCUT2D eigenvalue weighted by molar-refractivity contribution is 0.0951. The van der Waals surface area contributed by atoms with Crippen LogP contribution in [0.2, 0.25) is 0 Å². The van der Waals surface area contributed by atoms with Gasteiger partial charge in [-0.2, -0.15) is 0 Å². The molecule has 4 aromatic rings. The molecule has 0 aliphatic rings. The fraction of sp³-hybridized carbons (Fsp3) is 0.214. The molecule has 1 heterocycles. The van der Waals surface area contributed by atoms with Gasteiger partial charge in [-0.25, -0.2) is 4.98 Å². The molecular formula is C28H28N2OS. The summed E-state index contributed by atoms with van der Waals surface area (Å²) in [5.41, 5.74) is 7.50. The molecule has 3 aromatic carbocycles. The minimum Gasteiger partial charge on any atom is -0.348 e. The Morgan fingerprint density at radius 2 is 1.50 bits per heavy atom. The van der Waals surface area contributed by atoms with E-state index in [0.29, 0.717) is 12.1 Å². The van der Waals surface area contributed by atoms with Crippen LogP contribution < -0.4 is 5.32 Å². The first-order chi connectivity index (χ1) is 15.3. The van der Waals surface area contributed by atoms with E-state index in [1.807, 2.05) is 36.4 Å². The number of hydrogen-bond donors (Lipinski definition) is 1. The number of carbonyl (C=O) groups excluding carboxylic acids is 1. The highest BCUT2D eigenvalue weighted by Gasteiger charge is 2.14. The van der Waals surface area contributed by atoms with Crippen LogP contribution in [0.1, 0.15) is 47.8 Å². The number of nitrogens with one attached hydrogen (secondary N) is 1. The predicted molar refractivity (Wildman–Crippen MR) is 134 cm³/mol. The maximum Gasteiger partial charge on any atom is 0.251 e. The smallest absolute Gasteiger partial charge is 0.251 e. The standard InChI is InChI=1S/C28H28N2OS/c1-19-5-9-21(10-6-19)25-18-32-27(30-25)23-11-7-20(8-12-23)17-29-26(31)22-13-15-24(16-14-22)28(2,3)4/h5-16,18H,17H2,1-4H3,(H,29,31). The van der Waals surface area contributed by atoms with Crippen LogP contribution in [0.3, 0.4) is 0 Å². The van der Waals surface area contributed by atoms with E-state index in [4.69, 9.17) is 4.98 Å². The van der Waals surface area contributed by atoms with Gasteiger partial charge in [0.2, 0.25) is 0 Å². The Labute approximate surface area is 194 Å². The number of thiazole rings is 1. The van der Waals surface area contributed by atoms with Crippen molar-refractivity contribution in [3.8, 4) is 21.8 Å². The van der Waals surface area contributed by atoms with Crippen LogP contribution in [0.25, 0.3) is 21.8 Å². The van der Waals surface area contributed by atoms with E-state index in [9.17, 15) is 4.79 Å². The van der Waals surface area contributed by atoms with Crippen molar-refractivity contribution in [1.82, 2.24) is 10.3 Å². The van der Waals surface area contributed by atoms with Crippen molar-refractivity contribution in [2.45, 2.75) is 39.7 Å². The summed E-state index contributed by atoms with van der Waals surface area (Å²) in [6.45, 7) is 9.08. The van der Waals surface area contributed by atoms with Crippen molar-refractivity contribution in [3.05, 3.63) is 100 Å². The van der Waals surface area contributed by atoms with Gasteiger partial charge < -0.3 is 5.32 Å². The van der Waals surface area contributed by atoms with Gasteiger partial charge in [-0.1, -0.05) is 87.0 Å². The molecule has 0 unspecified atom stereocenters. The Balaban J connectivity index is 1.38. The van der Waals surface area contributed by atoms with E-state index in [2.05, 4.69) is 74.8 Å². The lowest BCUT2D eigenvalue weighted by atomic mass is 9.87. The van der Waals surface area contributed by atoms with E-state index in [1.165, 1.54) is 11.1 Å². The van der Waals surface area contributed by atoms with Gasteiger partial charge in [0.05, 0.1) is 5.69 Å². The van der Waals surface area contributed by atoms with Gasteiger partial charge in [-0.05, 0) is 35.6 Å². The average Bonchev–Trinajstić information content (AvgIpc) is 3.28. The van der Waals surface area contributed by atoms with Crippen LogP contribution in [0, 0.1) is 6.92 Å². The molecule has 4 rings (SSSR count). The Bertz CT molecular complexity index is 1200. The van der Waals surface area contributed by atoms with E-state index >= 15 is 0 Å². The van der Waals surface area contributed by atoms with Crippen molar-refractivity contribution >= 4 is 17.2 Å². The van der Waals surface area contributed by atoms with Crippen LogP contribution in [0.5, 0.6) is 0 Å². The minimum atomic E-state index is -0.0581. The fourth-order valence-electron chi connectivity index (χ4n) is 3.43. The summed E-state index contributed by atoms with van der Waals surface area (Å²) in [5, 5.41) is 6.10. The van der Waals surface area contributed by atoms with Crippen LogP contribution in [0.15, 0.2) is 78.2 Å². The molecule has 0 aliphatic carbocycles. The molecule has 1 amide bonds. The van der Waals surface area contributed by atoms with Crippen molar-refractivity contribution in [3.63, 3.8) is 0 Å². The van der Waals surface area contributed by atoms with E-state index in [-0.39, 0.29) is 11.3 Å². The van der Waals surface area contributed by atoms with Gasteiger partial charge in [0.1, 0.15) is 5.01 Å². The van der Waals surface area contributed by atoms with E-state index in [1.54, 1.807) is 11.3 Å². The topological polar surface area (TPSA) is 42.0 Å². The third-order valence-electron chi connectivity index (χ3n) is 5.52. The van der Waals surface area contributed by atoms with Gasteiger partial charge in [-0.3, -0.25) is 4.79 Å². The molecule has 0 saturated carbocycles. The van der Waals surface area contributed by atoms with Crippen molar-refractivity contribution in [2.75, 3.05) is 0 Å². The molecule has 0 spiro atoms. The van der Waals surface area contributed by atoms with Crippen molar-refractivity contribution in [2.24, 2.45) is 0 Å². The Hall–Kier alpha value is -3.24. The molecule has 1 N–H and O–H groups in total. The second-order valence-corrected chi connectivity index (χ2v) is 9.97. The number of hydrogen-bond acceptors (Lipinski definition) is 3. The van der Waals surface area contributed by atoms with Gasteiger partial charge >= 0.3 is 0 Å². The largest absolute Gasteiger partial charge is 0.348 e. The zero-order chi connectivity index (χ0) is 22.7. The van der Waals surface area contributed by atoms with E-state index in [0.717, 1.165) is 27.4 Å². The quantitative estimate of drug-likeness (QED) is 0.362. The Morgan fingerprint density at radius 1 is 0.875 bits per heavy atom. The minimum absolute atomic E-state index is 0.0581. The Morgan fingerprint density at radius 3 is 2.12 bits per heavy atom. The molecule has 1 aromatic heterocycles. The molecule has 32 heavy (non-hydrogen) atoms. The first kappa shape index (κ1) is 22.0. The van der Waals surface area contributed by atoms with Gasteiger partial charge in [0, 0.05) is 28.6 Å². The molecule has 0 radical (unpaired) electrons. The molecule has 3 nitrogen and oxygen atoms in total. The predicted octanol–water partition coefficient (Wildman–Crippen LogP) is 7.01. The molecule has 4 heteroatoms. The summed E-state index contributed by atoms with van der Waals surface area (Å²) >= 11 is 1.64. The average molecular weight is 441 g/mol. The summed E-state index contributed by atoms with van der Waals surface area (Å²) in [6, 6.07) is 24.5. The summed E-state index contributed by atoms with van der Waals surface area (Å²) in [7, 11) is 0. The first-order valence-electron chi connectivity index (χ1n) is 10.8. The number of nitrogens with zero attached hydrogens (tertiary/aromatic N) is 1. The number of amides is 1. The fourth-order valence-corrected chi connectivity index (χ4v) is 4.27. The van der Waals surface area contributed by atoms with Gasteiger partial charge in [-0.15, -0.1) is 11.3 Å². The first-order valence-corrected chi connectivity index (χ1v) is 11.7. The highest BCUT2D eigenvalue weighted by Crippen LogP contribution is 2.29. The molecule has 162 valence electrons. The molecule has 0 aliphatic heterocycles. The molecule has 0 bridgehead atoms. The summed E-state index contributed by atoms with van der Waals surface area (Å²) < 4.78 is 0. The third kappa shape index (κ3) is 5.14. The summed E-state index contributed by atoms with van der Waals surface area (Å²) in [6.07, 6.45) is 0. The van der Waals surface area contributed by atoms with Crippen molar-refractivity contribution < 1.29 is 4.79 Å². The van der Waals surface area contributed by atoms with Crippen LogP contribution in [-0.2, 0) is 12.0 Å². The van der Waals surface area contributed by atoms with Crippen LogP contribution >= 0.6 is 11.3 Å². The molecule has 0 saturated heterocycles. The maximum atomic E-state index is 12.5. The van der Waals surface area contributed by atoms with Gasteiger partial charge in [0.15, 0.2) is 0 Å². The third-order valence-corrected chi connectivity index (χ3v) is 6.41. The lowest BCUT2D eigenvalue weighted by Gasteiger charge is -2.19.